The van der Waals surface area contributed by atoms with E-state index in [4.69, 9.17) is 5.41 Å². The van der Waals surface area contributed by atoms with Crippen molar-refractivity contribution < 1.29 is 9.59 Å². The van der Waals surface area contributed by atoms with E-state index in [9.17, 15) is 9.59 Å². The molecule has 0 aliphatic carbocycles. The summed E-state index contributed by atoms with van der Waals surface area (Å²) in [6.07, 6.45) is 0. The molecule has 0 aromatic heterocycles. The summed E-state index contributed by atoms with van der Waals surface area (Å²) in [4.78, 5) is 31.0. The van der Waals surface area contributed by atoms with E-state index in [0.717, 1.165) is 59.9 Å². The fourth-order valence-corrected chi connectivity index (χ4v) is 7.02. The van der Waals surface area contributed by atoms with E-state index in [1.807, 2.05) is 89.8 Å². The van der Waals surface area contributed by atoms with Gasteiger partial charge in [0.1, 0.15) is 5.84 Å². The van der Waals surface area contributed by atoms with Crippen LogP contribution in [0.5, 0.6) is 0 Å². The molecule has 2 heterocycles. The van der Waals surface area contributed by atoms with E-state index in [-0.39, 0.29) is 17.6 Å². The first-order valence-corrected chi connectivity index (χ1v) is 13.7. The largest absolute Gasteiger partial charge is 0.304 e. The van der Waals surface area contributed by atoms with Crippen LogP contribution in [0.4, 0.5) is 11.4 Å². The molecule has 2 amide bonds. The molecule has 0 fully saturated rings. The monoisotopic (exact) mass is 527 g/mol. The van der Waals surface area contributed by atoms with Crippen LogP contribution < -0.4 is 9.80 Å². The smallest absolute Gasteiger partial charge is 0.264 e. The fraction of sp³-hybridized carbons (Fsp3) is 0.0278. The number of hydrogen-bond acceptors (Lipinski definition) is 3. The quantitative estimate of drug-likeness (QED) is 0.184. The fourth-order valence-electron chi connectivity index (χ4n) is 7.02. The molecule has 5 heteroatoms. The third-order valence-corrected chi connectivity index (χ3v) is 8.79. The number of carbonyl (C=O) groups is 2. The number of hydrogen-bond donors (Lipinski definition) is 1. The third kappa shape index (κ3) is 2.77. The summed E-state index contributed by atoms with van der Waals surface area (Å²) in [7, 11) is 0. The number of nitrogens with one attached hydrogen (secondary N) is 1. The molecule has 2 aliphatic rings. The molecule has 0 unspecified atom stereocenters. The normalized spacial score (nSPS) is 14.8. The Hall–Kier alpha value is -5.55. The van der Waals surface area contributed by atoms with Gasteiger partial charge in [-0.2, -0.15) is 0 Å². The third-order valence-electron chi connectivity index (χ3n) is 8.79. The van der Waals surface area contributed by atoms with E-state index < -0.39 is 0 Å². The Bertz CT molecular complexity index is 2220. The highest BCUT2D eigenvalue weighted by molar-refractivity contribution is 6.43. The molecule has 9 rings (SSSR count). The van der Waals surface area contributed by atoms with Gasteiger partial charge >= 0.3 is 0 Å². The number of rotatable bonds is 2. The minimum Gasteiger partial charge on any atom is -0.304 e. The Morgan fingerprint density at radius 2 is 1.00 bits per heavy atom. The highest BCUT2D eigenvalue weighted by atomic mass is 16.2. The molecule has 7 aromatic carbocycles. The predicted molar refractivity (Wildman–Crippen MR) is 165 cm³/mol. The summed E-state index contributed by atoms with van der Waals surface area (Å²) in [5.41, 5.74) is 4.74. The van der Waals surface area contributed by atoms with Gasteiger partial charge in [-0.3, -0.25) is 19.9 Å². The summed E-state index contributed by atoms with van der Waals surface area (Å²) in [5, 5.41) is 17.2. The van der Waals surface area contributed by atoms with Gasteiger partial charge in [0, 0.05) is 33.2 Å². The zero-order valence-electron chi connectivity index (χ0n) is 21.8. The van der Waals surface area contributed by atoms with Crippen molar-refractivity contribution in [3.8, 4) is 0 Å². The van der Waals surface area contributed by atoms with Crippen LogP contribution in [0.15, 0.2) is 109 Å². The maximum absolute atomic E-state index is 13.8. The lowest BCUT2D eigenvalue weighted by Gasteiger charge is -2.32. The van der Waals surface area contributed by atoms with Gasteiger partial charge in [-0.25, -0.2) is 0 Å². The van der Waals surface area contributed by atoms with Crippen LogP contribution in [0.1, 0.15) is 31.8 Å². The second-order valence-corrected chi connectivity index (χ2v) is 10.8. The van der Waals surface area contributed by atoms with Crippen LogP contribution in [-0.4, -0.2) is 17.6 Å². The Morgan fingerprint density at radius 1 is 0.488 bits per heavy atom. The Labute approximate surface area is 234 Å². The van der Waals surface area contributed by atoms with Crippen LogP contribution in [0, 0.1) is 5.41 Å². The van der Waals surface area contributed by atoms with Gasteiger partial charge in [0.25, 0.3) is 11.8 Å². The van der Waals surface area contributed by atoms with Crippen molar-refractivity contribution in [2.45, 2.75) is 6.54 Å². The first kappa shape index (κ1) is 22.3. The number of anilines is 2. The van der Waals surface area contributed by atoms with Crippen molar-refractivity contribution in [1.82, 2.24) is 0 Å². The van der Waals surface area contributed by atoms with Gasteiger partial charge in [0.05, 0.1) is 12.2 Å². The van der Waals surface area contributed by atoms with Crippen LogP contribution in [0.2, 0.25) is 0 Å². The first-order chi connectivity index (χ1) is 20.1. The minimum atomic E-state index is -0.194. The van der Waals surface area contributed by atoms with E-state index in [0.29, 0.717) is 23.4 Å². The first-order valence-electron chi connectivity index (χ1n) is 13.7. The molecule has 0 radical (unpaired) electrons. The molecule has 7 aromatic rings. The molecule has 1 N–H and O–H groups in total. The average Bonchev–Trinajstić information content (AvgIpc) is 3.02. The van der Waals surface area contributed by atoms with Gasteiger partial charge in [0.15, 0.2) is 0 Å². The molecule has 0 atom stereocenters. The second kappa shape index (κ2) is 7.77. The number of para-hydroxylation sites is 2. The molecule has 5 nitrogen and oxygen atoms in total. The summed E-state index contributed by atoms with van der Waals surface area (Å²) in [6.45, 7) is 0.511. The van der Waals surface area contributed by atoms with Gasteiger partial charge in [0.2, 0.25) is 0 Å². The van der Waals surface area contributed by atoms with Crippen molar-refractivity contribution in [1.29, 1.82) is 5.41 Å². The number of benzene rings is 7. The number of carbonyl (C=O) groups excluding carboxylic acids is 2. The van der Waals surface area contributed by atoms with Crippen molar-refractivity contribution >= 4 is 72.1 Å². The van der Waals surface area contributed by atoms with Gasteiger partial charge < -0.3 is 4.90 Å². The van der Waals surface area contributed by atoms with Crippen molar-refractivity contribution in [3.63, 3.8) is 0 Å². The maximum atomic E-state index is 13.8. The molecule has 0 spiro atoms. The number of amides is 2. The van der Waals surface area contributed by atoms with Gasteiger partial charge in [-0.15, -0.1) is 0 Å². The van der Waals surface area contributed by atoms with Crippen LogP contribution in [-0.2, 0) is 6.54 Å². The molecular weight excluding hydrogens is 506 g/mol. The van der Waals surface area contributed by atoms with E-state index in [1.165, 1.54) is 4.90 Å². The maximum Gasteiger partial charge on any atom is 0.264 e. The summed E-state index contributed by atoms with van der Waals surface area (Å²) in [6, 6.07) is 35.5. The highest BCUT2D eigenvalue weighted by Crippen LogP contribution is 2.46. The minimum absolute atomic E-state index is 0.00323. The lowest BCUT2D eigenvalue weighted by molar-refractivity contribution is 0.0981. The standard InChI is InChI=1S/C36H21N3O2/c37-34-27-16-13-25-24-14-17-28-30-20(19-38(35(28)40)21-7-3-1-4-8-21)11-12-23(31(24)30)26-15-18-29(33(27)32(25)26)36(41)39(34)22-9-5-2-6-10-22/h1-18,37H,19H2. The Balaban J connectivity index is 1.33. The number of fused-ring (bicyclic) bond motifs is 2. The van der Waals surface area contributed by atoms with Crippen LogP contribution in [0.25, 0.3) is 43.1 Å². The lowest BCUT2D eigenvalue weighted by Crippen LogP contribution is -2.40. The summed E-state index contributed by atoms with van der Waals surface area (Å²) < 4.78 is 0. The molecule has 0 bridgehead atoms. The average molecular weight is 528 g/mol. The van der Waals surface area contributed by atoms with Gasteiger partial charge in [-0.05, 0) is 80.3 Å². The molecule has 2 aliphatic heterocycles. The summed E-state index contributed by atoms with van der Waals surface area (Å²) in [5.74, 6) is -0.0106. The lowest BCUT2D eigenvalue weighted by atomic mass is 9.82. The van der Waals surface area contributed by atoms with Crippen molar-refractivity contribution in [2.75, 3.05) is 9.80 Å². The van der Waals surface area contributed by atoms with Crippen LogP contribution >= 0.6 is 0 Å². The SMILES string of the molecule is N=C1c2ccc3c4ccc5c6c(ccc(c7ccc(c2c37)C(=O)N1c1ccccc1)c64)CN(c1ccccc1)C5=O. The van der Waals surface area contributed by atoms with Crippen molar-refractivity contribution in [3.05, 3.63) is 131 Å². The molecule has 0 saturated heterocycles. The highest BCUT2D eigenvalue weighted by Gasteiger charge is 2.34. The van der Waals surface area contributed by atoms with E-state index in [1.54, 1.807) is 0 Å². The molecule has 192 valence electrons. The van der Waals surface area contributed by atoms with E-state index >= 15 is 0 Å². The summed E-state index contributed by atoms with van der Waals surface area (Å²) >= 11 is 0. The second-order valence-electron chi connectivity index (χ2n) is 10.8. The Morgan fingerprint density at radius 3 is 1.63 bits per heavy atom. The topological polar surface area (TPSA) is 64.5 Å². The van der Waals surface area contributed by atoms with E-state index in [2.05, 4.69) is 24.3 Å². The van der Waals surface area contributed by atoms with Crippen molar-refractivity contribution in [2.24, 2.45) is 0 Å². The zero-order valence-corrected chi connectivity index (χ0v) is 21.8. The molecule has 0 saturated carbocycles. The number of nitrogens with zero attached hydrogens (tertiary/aromatic N) is 2. The molecular formula is C36H21N3O2. The van der Waals surface area contributed by atoms with Crippen LogP contribution in [0.3, 0.4) is 0 Å². The zero-order chi connectivity index (χ0) is 27.4. The molecule has 41 heavy (non-hydrogen) atoms. The number of amidine groups is 1. The predicted octanol–water partition coefficient (Wildman–Crippen LogP) is 7.88. The Kier molecular flexibility index (Phi) is 4.22. The van der Waals surface area contributed by atoms with Gasteiger partial charge in [-0.1, -0.05) is 66.7 Å².